The fraction of sp³-hybridized carbons (Fsp3) is 0.294. The van der Waals surface area contributed by atoms with Crippen LogP contribution < -0.4 is 11.3 Å². The van der Waals surface area contributed by atoms with E-state index in [2.05, 4.69) is 36.6 Å². The summed E-state index contributed by atoms with van der Waals surface area (Å²) in [5, 5.41) is 0. The first-order chi connectivity index (χ1) is 9.65. The SMILES string of the molecule is CCCc1ccc(C(NN)c2ccc(F)c(C)c2)cc1. The maximum absolute atomic E-state index is 13.4. The van der Waals surface area contributed by atoms with E-state index in [1.807, 2.05) is 6.07 Å². The minimum Gasteiger partial charge on any atom is -0.271 e. The summed E-state index contributed by atoms with van der Waals surface area (Å²) in [6, 6.07) is 13.4. The average molecular weight is 272 g/mol. The standard InChI is InChI=1S/C17H21FN2/c1-3-4-13-5-7-14(8-6-13)17(20-19)15-9-10-16(18)12(2)11-15/h5-11,17,20H,3-4,19H2,1-2H3. The molecule has 0 saturated heterocycles. The summed E-state index contributed by atoms with van der Waals surface area (Å²) < 4.78 is 13.4. The molecule has 0 spiro atoms. The molecule has 1 unspecified atom stereocenters. The molecule has 0 fully saturated rings. The molecule has 0 radical (unpaired) electrons. The Kier molecular flexibility index (Phi) is 4.88. The molecule has 0 aromatic heterocycles. The van der Waals surface area contributed by atoms with Crippen molar-refractivity contribution in [2.75, 3.05) is 0 Å². The zero-order valence-electron chi connectivity index (χ0n) is 12.0. The first-order valence-electron chi connectivity index (χ1n) is 6.96. The first-order valence-corrected chi connectivity index (χ1v) is 6.96. The number of nitrogens with one attached hydrogen (secondary N) is 1. The summed E-state index contributed by atoms with van der Waals surface area (Å²) >= 11 is 0. The lowest BCUT2D eigenvalue weighted by molar-refractivity contribution is 0.607. The first kappa shape index (κ1) is 14.7. The van der Waals surface area contributed by atoms with Gasteiger partial charge in [-0.2, -0.15) is 0 Å². The average Bonchev–Trinajstić information content (AvgIpc) is 2.46. The lowest BCUT2D eigenvalue weighted by Crippen LogP contribution is -2.28. The van der Waals surface area contributed by atoms with Gasteiger partial charge in [0.2, 0.25) is 0 Å². The molecule has 3 N–H and O–H groups in total. The van der Waals surface area contributed by atoms with E-state index >= 15 is 0 Å². The zero-order valence-corrected chi connectivity index (χ0v) is 12.0. The second-order valence-corrected chi connectivity index (χ2v) is 5.10. The lowest BCUT2D eigenvalue weighted by Gasteiger charge is -2.18. The number of nitrogens with two attached hydrogens (primary N) is 1. The molecule has 2 aromatic rings. The molecule has 0 aliphatic carbocycles. The topological polar surface area (TPSA) is 38.0 Å². The largest absolute Gasteiger partial charge is 0.271 e. The van der Waals surface area contributed by atoms with Gasteiger partial charge in [0.15, 0.2) is 0 Å². The zero-order chi connectivity index (χ0) is 14.5. The molecule has 2 nitrogen and oxygen atoms in total. The Hall–Kier alpha value is -1.71. The Bertz CT molecular complexity index is 564. The Morgan fingerprint density at radius 1 is 1.10 bits per heavy atom. The minimum atomic E-state index is -0.192. The summed E-state index contributed by atoms with van der Waals surface area (Å²) in [6.45, 7) is 3.93. The van der Waals surface area contributed by atoms with Gasteiger partial charge < -0.3 is 0 Å². The third-order valence-corrected chi connectivity index (χ3v) is 3.53. The van der Waals surface area contributed by atoms with E-state index < -0.39 is 0 Å². The van der Waals surface area contributed by atoms with E-state index in [0.29, 0.717) is 5.56 Å². The number of hydrazine groups is 1. The van der Waals surface area contributed by atoms with Crippen LogP contribution in [0, 0.1) is 12.7 Å². The van der Waals surface area contributed by atoms with Crippen molar-refractivity contribution in [2.45, 2.75) is 32.7 Å². The van der Waals surface area contributed by atoms with Crippen LogP contribution in [0.5, 0.6) is 0 Å². The molecule has 3 heteroatoms. The van der Waals surface area contributed by atoms with Crippen molar-refractivity contribution < 1.29 is 4.39 Å². The highest BCUT2D eigenvalue weighted by molar-refractivity contribution is 5.35. The Morgan fingerprint density at radius 2 is 1.75 bits per heavy atom. The van der Waals surface area contributed by atoms with Crippen molar-refractivity contribution >= 4 is 0 Å². The van der Waals surface area contributed by atoms with E-state index in [4.69, 9.17) is 5.84 Å². The third kappa shape index (κ3) is 3.24. The number of hydrogen-bond acceptors (Lipinski definition) is 2. The van der Waals surface area contributed by atoms with Gasteiger partial charge in [-0.1, -0.05) is 49.7 Å². The van der Waals surface area contributed by atoms with Gasteiger partial charge in [-0.15, -0.1) is 0 Å². The van der Waals surface area contributed by atoms with Crippen LogP contribution in [-0.4, -0.2) is 0 Å². The molecule has 0 bridgehead atoms. The molecule has 2 rings (SSSR count). The van der Waals surface area contributed by atoms with Crippen LogP contribution >= 0.6 is 0 Å². The van der Waals surface area contributed by atoms with E-state index in [0.717, 1.165) is 24.0 Å². The third-order valence-electron chi connectivity index (χ3n) is 3.53. The van der Waals surface area contributed by atoms with Gasteiger partial charge in [0, 0.05) is 0 Å². The molecule has 0 aliphatic heterocycles. The van der Waals surface area contributed by atoms with E-state index in [-0.39, 0.29) is 11.9 Å². The van der Waals surface area contributed by atoms with Crippen LogP contribution in [-0.2, 0) is 6.42 Å². The maximum Gasteiger partial charge on any atom is 0.126 e. The summed E-state index contributed by atoms with van der Waals surface area (Å²) in [4.78, 5) is 0. The molecule has 0 saturated carbocycles. The van der Waals surface area contributed by atoms with Gasteiger partial charge in [-0.3, -0.25) is 5.84 Å². The van der Waals surface area contributed by atoms with Crippen molar-refractivity contribution in [1.29, 1.82) is 0 Å². The lowest BCUT2D eigenvalue weighted by atomic mass is 9.96. The molecule has 0 aliphatic rings. The Morgan fingerprint density at radius 3 is 2.30 bits per heavy atom. The molecule has 1 atom stereocenters. The van der Waals surface area contributed by atoms with Crippen LogP contribution in [0.1, 0.15) is 41.6 Å². The van der Waals surface area contributed by atoms with Crippen LogP contribution in [0.2, 0.25) is 0 Å². The Balaban J connectivity index is 2.29. The van der Waals surface area contributed by atoms with Gasteiger partial charge in [0.05, 0.1) is 6.04 Å². The number of rotatable bonds is 5. The minimum absolute atomic E-state index is 0.120. The van der Waals surface area contributed by atoms with Gasteiger partial charge in [0.25, 0.3) is 0 Å². The maximum atomic E-state index is 13.4. The fourth-order valence-corrected chi connectivity index (χ4v) is 2.40. The second-order valence-electron chi connectivity index (χ2n) is 5.10. The van der Waals surface area contributed by atoms with Gasteiger partial charge in [-0.25, -0.2) is 9.82 Å². The van der Waals surface area contributed by atoms with Crippen molar-refractivity contribution in [3.63, 3.8) is 0 Å². The van der Waals surface area contributed by atoms with Crippen molar-refractivity contribution in [1.82, 2.24) is 5.43 Å². The highest BCUT2D eigenvalue weighted by Gasteiger charge is 2.13. The van der Waals surface area contributed by atoms with Gasteiger partial charge in [0.1, 0.15) is 5.82 Å². The monoisotopic (exact) mass is 272 g/mol. The summed E-state index contributed by atoms with van der Waals surface area (Å²) in [7, 11) is 0. The van der Waals surface area contributed by atoms with Crippen LogP contribution in [0.4, 0.5) is 4.39 Å². The van der Waals surface area contributed by atoms with Gasteiger partial charge >= 0.3 is 0 Å². The van der Waals surface area contributed by atoms with E-state index in [1.165, 1.54) is 11.6 Å². The number of aryl methyl sites for hydroxylation is 2. The van der Waals surface area contributed by atoms with Gasteiger partial charge in [-0.05, 0) is 41.7 Å². The van der Waals surface area contributed by atoms with Crippen LogP contribution in [0.25, 0.3) is 0 Å². The number of hydrogen-bond donors (Lipinski definition) is 2. The quantitative estimate of drug-likeness (QED) is 0.644. The molecule has 20 heavy (non-hydrogen) atoms. The second kappa shape index (κ2) is 6.64. The van der Waals surface area contributed by atoms with Crippen LogP contribution in [0.3, 0.4) is 0 Å². The predicted molar refractivity (Wildman–Crippen MR) is 80.7 cm³/mol. The predicted octanol–water partition coefficient (Wildman–Crippen LogP) is 3.64. The van der Waals surface area contributed by atoms with Crippen molar-refractivity contribution in [3.05, 3.63) is 70.5 Å². The summed E-state index contributed by atoms with van der Waals surface area (Å²) in [5.74, 6) is 5.49. The van der Waals surface area contributed by atoms with Crippen molar-refractivity contribution in [3.8, 4) is 0 Å². The summed E-state index contributed by atoms with van der Waals surface area (Å²) in [5.41, 5.74) is 6.81. The van der Waals surface area contributed by atoms with Crippen LogP contribution in [0.15, 0.2) is 42.5 Å². The highest BCUT2D eigenvalue weighted by atomic mass is 19.1. The normalized spacial score (nSPS) is 12.4. The summed E-state index contributed by atoms with van der Waals surface area (Å²) in [6.07, 6.45) is 2.21. The number of halogens is 1. The van der Waals surface area contributed by atoms with E-state index in [1.54, 1.807) is 13.0 Å². The molecule has 0 amide bonds. The molecular formula is C17H21FN2. The molecule has 2 aromatic carbocycles. The molecule has 106 valence electrons. The van der Waals surface area contributed by atoms with E-state index in [9.17, 15) is 4.39 Å². The van der Waals surface area contributed by atoms with Crippen molar-refractivity contribution in [2.24, 2.45) is 5.84 Å². The number of benzene rings is 2. The highest BCUT2D eigenvalue weighted by Crippen LogP contribution is 2.23. The smallest absolute Gasteiger partial charge is 0.126 e. The fourth-order valence-electron chi connectivity index (χ4n) is 2.40. The molecule has 0 heterocycles. The Labute approximate surface area is 119 Å². The molecular weight excluding hydrogens is 251 g/mol.